The van der Waals surface area contributed by atoms with Crippen LogP contribution in [0.2, 0.25) is 10.0 Å². The molecule has 0 aliphatic carbocycles. The number of ether oxygens (including phenoxy) is 1. The molecule has 1 N–H and O–H groups in total. The molecule has 4 rings (SSSR count). The van der Waals surface area contributed by atoms with Gasteiger partial charge >= 0.3 is 0 Å². The standard InChI is InChI=1S/C35H37Cl2N3O5S/c1-5-38-35(42)32(21-26-9-7-6-8-10-26)39(22-27-14-17-29(36)30(37)20-27)34(41)23-40(31-19-25(3)13-18-33(31)45-4)46(43,44)28-15-11-24(2)12-16-28/h6-20,32H,5,21-23H2,1-4H3,(H,38,42)/t32-/m0/s1. The van der Waals surface area contributed by atoms with Crippen LogP contribution in [-0.2, 0) is 32.6 Å². The number of methoxy groups -OCH3 is 1. The van der Waals surface area contributed by atoms with Crippen molar-refractivity contribution in [2.45, 2.75) is 44.7 Å². The van der Waals surface area contributed by atoms with Crippen LogP contribution >= 0.6 is 23.2 Å². The van der Waals surface area contributed by atoms with E-state index >= 15 is 0 Å². The number of benzene rings is 4. The molecule has 4 aromatic carbocycles. The van der Waals surface area contributed by atoms with Gasteiger partial charge in [-0.05, 0) is 73.9 Å². The van der Waals surface area contributed by atoms with Gasteiger partial charge in [-0.1, -0.05) is 83.4 Å². The van der Waals surface area contributed by atoms with Gasteiger partial charge in [-0.25, -0.2) is 8.42 Å². The fourth-order valence-electron chi connectivity index (χ4n) is 5.03. The molecule has 0 unspecified atom stereocenters. The number of rotatable bonds is 13. The molecule has 0 heterocycles. The van der Waals surface area contributed by atoms with E-state index in [4.69, 9.17) is 27.9 Å². The molecular weight excluding hydrogens is 645 g/mol. The highest BCUT2D eigenvalue weighted by Gasteiger charge is 2.35. The average Bonchev–Trinajstić information content (AvgIpc) is 3.03. The maximum absolute atomic E-state index is 14.6. The molecule has 0 aliphatic rings. The first-order chi connectivity index (χ1) is 21.9. The zero-order valence-corrected chi connectivity index (χ0v) is 28.5. The maximum Gasteiger partial charge on any atom is 0.264 e. The maximum atomic E-state index is 14.6. The number of carbonyl (C=O) groups excluding carboxylic acids is 2. The molecule has 0 aromatic heterocycles. The number of hydrogen-bond donors (Lipinski definition) is 1. The number of aryl methyl sites for hydroxylation is 2. The number of nitrogens with one attached hydrogen (secondary N) is 1. The van der Waals surface area contributed by atoms with Crippen LogP contribution in [-0.4, -0.2) is 51.4 Å². The van der Waals surface area contributed by atoms with E-state index in [9.17, 15) is 18.0 Å². The van der Waals surface area contributed by atoms with Crippen molar-refractivity contribution in [3.05, 3.63) is 123 Å². The van der Waals surface area contributed by atoms with Crippen molar-refractivity contribution in [1.29, 1.82) is 0 Å². The van der Waals surface area contributed by atoms with Crippen LogP contribution in [0, 0.1) is 13.8 Å². The highest BCUT2D eigenvalue weighted by atomic mass is 35.5. The minimum Gasteiger partial charge on any atom is -0.495 e. The Balaban J connectivity index is 1.86. The van der Waals surface area contributed by atoms with Gasteiger partial charge in [-0.15, -0.1) is 0 Å². The molecule has 8 nitrogen and oxygen atoms in total. The molecule has 2 amide bonds. The Kier molecular flexibility index (Phi) is 11.7. The van der Waals surface area contributed by atoms with Crippen LogP contribution in [0.25, 0.3) is 0 Å². The number of nitrogens with zero attached hydrogens (tertiary/aromatic N) is 2. The number of carbonyl (C=O) groups is 2. The molecule has 0 aliphatic heterocycles. The van der Waals surface area contributed by atoms with Gasteiger partial charge in [0.25, 0.3) is 10.0 Å². The SMILES string of the molecule is CCNC(=O)[C@H](Cc1ccccc1)N(Cc1ccc(Cl)c(Cl)c1)C(=O)CN(c1cc(C)ccc1OC)S(=O)(=O)c1ccc(C)cc1. The lowest BCUT2D eigenvalue weighted by molar-refractivity contribution is -0.140. The summed E-state index contributed by atoms with van der Waals surface area (Å²) in [5, 5.41) is 3.48. The van der Waals surface area contributed by atoms with E-state index in [1.807, 2.05) is 44.2 Å². The molecule has 1 atom stereocenters. The second-order valence-corrected chi connectivity index (χ2v) is 13.5. The minimum absolute atomic E-state index is 0.00931. The fraction of sp³-hybridized carbons (Fsp3) is 0.257. The summed E-state index contributed by atoms with van der Waals surface area (Å²) in [6.07, 6.45) is 0.193. The lowest BCUT2D eigenvalue weighted by atomic mass is 10.0. The van der Waals surface area contributed by atoms with Gasteiger partial charge in [0.1, 0.15) is 18.3 Å². The Morgan fingerprint density at radius 2 is 1.52 bits per heavy atom. The Morgan fingerprint density at radius 3 is 2.15 bits per heavy atom. The predicted octanol–water partition coefficient (Wildman–Crippen LogP) is 6.59. The predicted molar refractivity (Wildman–Crippen MR) is 183 cm³/mol. The third-order valence-electron chi connectivity index (χ3n) is 7.45. The van der Waals surface area contributed by atoms with Gasteiger partial charge in [0, 0.05) is 19.5 Å². The molecule has 11 heteroatoms. The summed E-state index contributed by atoms with van der Waals surface area (Å²) < 4.78 is 35.2. The molecule has 0 saturated carbocycles. The number of hydrogen-bond acceptors (Lipinski definition) is 5. The quantitative estimate of drug-likeness (QED) is 0.172. The third-order valence-corrected chi connectivity index (χ3v) is 9.96. The van der Waals surface area contributed by atoms with Crippen molar-refractivity contribution in [3.63, 3.8) is 0 Å². The first kappa shape index (κ1) is 34.8. The molecule has 0 saturated heterocycles. The lowest BCUT2D eigenvalue weighted by Crippen LogP contribution is -2.53. The summed E-state index contributed by atoms with van der Waals surface area (Å²) in [4.78, 5) is 29.6. The Hall–Kier alpha value is -4.05. The molecule has 0 fully saturated rings. The summed E-state index contributed by atoms with van der Waals surface area (Å²) in [7, 11) is -2.84. The smallest absolute Gasteiger partial charge is 0.264 e. The van der Waals surface area contributed by atoms with Crippen LogP contribution in [0.4, 0.5) is 5.69 Å². The minimum atomic E-state index is -4.28. The van der Waals surface area contributed by atoms with E-state index in [1.54, 1.807) is 55.5 Å². The zero-order valence-electron chi connectivity index (χ0n) is 26.2. The lowest BCUT2D eigenvalue weighted by Gasteiger charge is -2.34. The fourth-order valence-corrected chi connectivity index (χ4v) is 6.76. The molecular formula is C35H37Cl2N3O5S. The van der Waals surface area contributed by atoms with Crippen LogP contribution < -0.4 is 14.4 Å². The summed E-state index contributed by atoms with van der Waals surface area (Å²) in [5.74, 6) is -0.701. The summed E-state index contributed by atoms with van der Waals surface area (Å²) in [6, 6.07) is 24.8. The van der Waals surface area contributed by atoms with E-state index in [0.29, 0.717) is 17.1 Å². The highest BCUT2D eigenvalue weighted by Crippen LogP contribution is 2.34. The van der Waals surface area contributed by atoms with Gasteiger partial charge < -0.3 is 15.0 Å². The number of likely N-dealkylation sites (N-methyl/N-ethyl adjacent to an activating group) is 1. The molecule has 242 valence electrons. The number of sulfonamides is 1. The van der Waals surface area contributed by atoms with Crippen molar-refractivity contribution in [3.8, 4) is 5.75 Å². The largest absolute Gasteiger partial charge is 0.495 e. The van der Waals surface area contributed by atoms with E-state index in [0.717, 1.165) is 21.0 Å². The average molecular weight is 683 g/mol. The van der Waals surface area contributed by atoms with Crippen molar-refractivity contribution in [1.82, 2.24) is 10.2 Å². The van der Waals surface area contributed by atoms with Gasteiger partial charge in [0.2, 0.25) is 11.8 Å². The molecule has 0 radical (unpaired) electrons. The van der Waals surface area contributed by atoms with Crippen molar-refractivity contribution >= 4 is 50.7 Å². The van der Waals surface area contributed by atoms with Gasteiger partial charge in [-0.2, -0.15) is 0 Å². The summed E-state index contributed by atoms with van der Waals surface area (Å²) in [6.45, 7) is 5.17. The molecule has 4 aromatic rings. The van der Waals surface area contributed by atoms with Crippen molar-refractivity contribution in [2.75, 3.05) is 24.5 Å². The first-order valence-electron chi connectivity index (χ1n) is 14.7. The van der Waals surface area contributed by atoms with Gasteiger partial charge in [0.05, 0.1) is 27.7 Å². The second kappa shape index (κ2) is 15.5. The van der Waals surface area contributed by atoms with Crippen molar-refractivity contribution < 1.29 is 22.7 Å². The number of halogens is 2. The normalized spacial score (nSPS) is 11.9. The van der Waals surface area contributed by atoms with E-state index in [2.05, 4.69) is 5.32 Å². The summed E-state index contributed by atoms with van der Waals surface area (Å²) >= 11 is 12.5. The van der Waals surface area contributed by atoms with Crippen LogP contribution in [0.1, 0.15) is 29.2 Å². The Labute approximate surface area is 280 Å². The summed E-state index contributed by atoms with van der Waals surface area (Å²) in [5.41, 5.74) is 3.29. The van der Waals surface area contributed by atoms with Crippen LogP contribution in [0.15, 0.2) is 95.9 Å². The Bertz CT molecular complexity index is 1780. The second-order valence-electron chi connectivity index (χ2n) is 10.9. The molecule has 0 spiro atoms. The van der Waals surface area contributed by atoms with Gasteiger partial charge in [0.15, 0.2) is 0 Å². The van der Waals surface area contributed by atoms with Gasteiger partial charge in [-0.3, -0.25) is 13.9 Å². The number of anilines is 1. The monoisotopic (exact) mass is 681 g/mol. The van der Waals surface area contributed by atoms with E-state index in [-0.39, 0.29) is 40.2 Å². The zero-order chi connectivity index (χ0) is 33.4. The van der Waals surface area contributed by atoms with Crippen LogP contribution in [0.5, 0.6) is 5.75 Å². The van der Waals surface area contributed by atoms with E-state index < -0.39 is 28.5 Å². The Morgan fingerprint density at radius 1 is 0.848 bits per heavy atom. The highest BCUT2D eigenvalue weighted by molar-refractivity contribution is 7.92. The van der Waals surface area contributed by atoms with Crippen molar-refractivity contribution in [2.24, 2.45) is 0 Å². The van der Waals surface area contributed by atoms with Crippen LogP contribution in [0.3, 0.4) is 0 Å². The number of amides is 2. The molecule has 0 bridgehead atoms. The topological polar surface area (TPSA) is 96.0 Å². The van der Waals surface area contributed by atoms with E-state index in [1.165, 1.54) is 24.1 Å². The molecule has 46 heavy (non-hydrogen) atoms. The third kappa shape index (κ3) is 8.40. The first-order valence-corrected chi connectivity index (χ1v) is 16.9.